The SMILES string of the molecule is CC(C)(C)C(=O)N1CCCC(C(=O)NCCS(=O)(=O)c2ccccc2)C1. The third kappa shape index (κ3) is 5.30. The molecule has 1 heterocycles. The molecular weight excluding hydrogens is 352 g/mol. The van der Waals surface area contributed by atoms with Crippen molar-refractivity contribution in [1.29, 1.82) is 0 Å². The van der Waals surface area contributed by atoms with Crippen molar-refractivity contribution in [3.63, 3.8) is 0 Å². The molecule has 0 spiro atoms. The van der Waals surface area contributed by atoms with Crippen molar-refractivity contribution < 1.29 is 18.0 Å². The minimum Gasteiger partial charge on any atom is -0.355 e. The van der Waals surface area contributed by atoms with Crippen LogP contribution in [0.1, 0.15) is 33.6 Å². The van der Waals surface area contributed by atoms with E-state index in [1.165, 1.54) is 0 Å². The topological polar surface area (TPSA) is 83.6 Å². The number of carbonyl (C=O) groups excluding carboxylic acids is 2. The maximum atomic E-state index is 12.4. The highest BCUT2D eigenvalue weighted by Crippen LogP contribution is 2.23. The van der Waals surface area contributed by atoms with Gasteiger partial charge in [-0.25, -0.2) is 8.42 Å². The van der Waals surface area contributed by atoms with E-state index in [9.17, 15) is 18.0 Å². The first-order valence-corrected chi connectivity index (χ1v) is 10.6. The molecule has 1 saturated heterocycles. The molecule has 1 fully saturated rings. The summed E-state index contributed by atoms with van der Waals surface area (Å²) in [6.45, 7) is 6.74. The van der Waals surface area contributed by atoms with E-state index >= 15 is 0 Å². The summed E-state index contributed by atoms with van der Waals surface area (Å²) in [5, 5.41) is 2.72. The average molecular weight is 381 g/mol. The highest BCUT2D eigenvalue weighted by Gasteiger charge is 2.33. The van der Waals surface area contributed by atoms with E-state index in [1.54, 1.807) is 35.2 Å². The smallest absolute Gasteiger partial charge is 0.227 e. The van der Waals surface area contributed by atoms with Crippen molar-refractivity contribution in [1.82, 2.24) is 10.2 Å². The Hall–Kier alpha value is -1.89. The van der Waals surface area contributed by atoms with Crippen LogP contribution in [0.3, 0.4) is 0 Å². The predicted octanol–water partition coefficient (Wildman–Crippen LogP) is 1.86. The van der Waals surface area contributed by atoms with E-state index in [0.717, 1.165) is 6.42 Å². The normalized spacial score (nSPS) is 18.4. The van der Waals surface area contributed by atoms with Crippen molar-refractivity contribution >= 4 is 21.7 Å². The summed E-state index contributed by atoms with van der Waals surface area (Å²) >= 11 is 0. The summed E-state index contributed by atoms with van der Waals surface area (Å²) in [6.07, 6.45) is 1.49. The highest BCUT2D eigenvalue weighted by molar-refractivity contribution is 7.91. The monoisotopic (exact) mass is 380 g/mol. The van der Waals surface area contributed by atoms with Crippen LogP contribution in [-0.4, -0.2) is 50.5 Å². The number of hydrogen-bond donors (Lipinski definition) is 1. The lowest BCUT2D eigenvalue weighted by Crippen LogP contribution is -2.49. The van der Waals surface area contributed by atoms with Crippen molar-refractivity contribution in [3.8, 4) is 0 Å². The van der Waals surface area contributed by atoms with Crippen LogP contribution in [0.25, 0.3) is 0 Å². The lowest BCUT2D eigenvalue weighted by molar-refractivity contribution is -0.142. The Balaban J connectivity index is 1.87. The number of piperidine rings is 1. The lowest BCUT2D eigenvalue weighted by Gasteiger charge is -2.35. The first-order chi connectivity index (χ1) is 12.1. The van der Waals surface area contributed by atoms with Crippen LogP contribution in [0.2, 0.25) is 0 Å². The molecule has 26 heavy (non-hydrogen) atoms. The van der Waals surface area contributed by atoms with Gasteiger partial charge in [0.15, 0.2) is 9.84 Å². The zero-order valence-corrected chi connectivity index (χ0v) is 16.5. The van der Waals surface area contributed by atoms with E-state index < -0.39 is 15.3 Å². The second-order valence-corrected chi connectivity index (χ2v) is 9.87. The Morgan fingerprint density at radius 2 is 1.85 bits per heavy atom. The highest BCUT2D eigenvalue weighted by atomic mass is 32.2. The van der Waals surface area contributed by atoms with Gasteiger partial charge < -0.3 is 10.2 Å². The van der Waals surface area contributed by atoms with Crippen LogP contribution >= 0.6 is 0 Å². The number of likely N-dealkylation sites (tertiary alicyclic amines) is 1. The van der Waals surface area contributed by atoms with Crippen molar-refractivity contribution in [2.24, 2.45) is 11.3 Å². The summed E-state index contributed by atoms with van der Waals surface area (Å²) in [4.78, 5) is 26.8. The fourth-order valence-corrected chi connectivity index (χ4v) is 4.23. The van der Waals surface area contributed by atoms with Gasteiger partial charge in [-0.3, -0.25) is 9.59 Å². The fraction of sp³-hybridized carbons (Fsp3) is 0.579. The first-order valence-electron chi connectivity index (χ1n) is 8.96. The maximum absolute atomic E-state index is 12.4. The van der Waals surface area contributed by atoms with Gasteiger partial charge in [0.1, 0.15) is 0 Å². The molecule has 0 bridgehead atoms. The Kier molecular flexibility index (Phi) is 6.44. The molecule has 1 aromatic carbocycles. The molecule has 1 aliphatic heterocycles. The van der Waals surface area contributed by atoms with Crippen LogP contribution in [0.4, 0.5) is 0 Å². The van der Waals surface area contributed by atoms with Gasteiger partial charge in [0.25, 0.3) is 0 Å². The summed E-state index contributed by atoms with van der Waals surface area (Å²) in [7, 11) is -3.41. The van der Waals surface area contributed by atoms with Gasteiger partial charge in [-0.15, -0.1) is 0 Å². The van der Waals surface area contributed by atoms with Gasteiger partial charge in [0, 0.05) is 25.0 Å². The van der Waals surface area contributed by atoms with Gasteiger partial charge in [-0.05, 0) is 25.0 Å². The molecule has 0 radical (unpaired) electrons. The largest absolute Gasteiger partial charge is 0.355 e. The zero-order valence-electron chi connectivity index (χ0n) is 15.7. The molecule has 0 aromatic heterocycles. The van der Waals surface area contributed by atoms with Crippen molar-refractivity contribution in [2.45, 2.75) is 38.5 Å². The van der Waals surface area contributed by atoms with Crippen LogP contribution < -0.4 is 5.32 Å². The lowest BCUT2D eigenvalue weighted by atomic mass is 9.91. The first kappa shape index (κ1) is 20.4. The third-order valence-corrected chi connectivity index (χ3v) is 6.23. The average Bonchev–Trinajstić information content (AvgIpc) is 2.61. The number of rotatable bonds is 5. The summed E-state index contributed by atoms with van der Waals surface area (Å²) < 4.78 is 24.5. The van der Waals surface area contributed by atoms with Gasteiger partial charge in [0.2, 0.25) is 11.8 Å². The van der Waals surface area contributed by atoms with E-state index in [4.69, 9.17) is 0 Å². The summed E-state index contributed by atoms with van der Waals surface area (Å²) in [5.74, 6) is -0.559. The minimum atomic E-state index is -3.41. The Labute approximate surface area is 155 Å². The molecular formula is C19H28N2O4S. The predicted molar refractivity (Wildman–Crippen MR) is 100 cm³/mol. The molecule has 144 valence electrons. The molecule has 2 amide bonds. The Bertz CT molecular complexity index is 739. The van der Waals surface area contributed by atoms with E-state index in [0.29, 0.717) is 19.5 Å². The Morgan fingerprint density at radius 3 is 2.46 bits per heavy atom. The molecule has 1 N–H and O–H groups in total. The molecule has 0 saturated carbocycles. The second-order valence-electron chi connectivity index (χ2n) is 7.76. The molecule has 2 rings (SSSR count). The maximum Gasteiger partial charge on any atom is 0.227 e. The van der Waals surface area contributed by atoms with Crippen molar-refractivity contribution in [3.05, 3.63) is 30.3 Å². The van der Waals surface area contributed by atoms with Gasteiger partial charge in [-0.2, -0.15) is 0 Å². The van der Waals surface area contributed by atoms with Gasteiger partial charge in [-0.1, -0.05) is 39.0 Å². The molecule has 6 nitrogen and oxygen atoms in total. The third-order valence-electron chi connectivity index (χ3n) is 4.49. The Morgan fingerprint density at radius 1 is 1.19 bits per heavy atom. The second kappa shape index (κ2) is 8.20. The van der Waals surface area contributed by atoms with Crippen LogP contribution in [-0.2, 0) is 19.4 Å². The molecule has 1 aromatic rings. The molecule has 1 unspecified atom stereocenters. The van der Waals surface area contributed by atoms with E-state index in [1.807, 2.05) is 20.8 Å². The number of sulfone groups is 1. The number of hydrogen-bond acceptors (Lipinski definition) is 4. The number of nitrogens with zero attached hydrogens (tertiary/aromatic N) is 1. The number of nitrogens with one attached hydrogen (secondary N) is 1. The van der Waals surface area contributed by atoms with Gasteiger partial charge in [0.05, 0.1) is 16.6 Å². The minimum absolute atomic E-state index is 0.0432. The van der Waals surface area contributed by atoms with Crippen LogP contribution in [0.15, 0.2) is 35.2 Å². The van der Waals surface area contributed by atoms with E-state index in [2.05, 4.69) is 5.32 Å². The zero-order chi connectivity index (χ0) is 19.4. The number of amides is 2. The molecule has 1 atom stereocenters. The standard InChI is InChI=1S/C19H28N2O4S/c1-19(2,3)18(23)21-12-7-8-15(14-21)17(22)20-11-13-26(24,25)16-9-5-4-6-10-16/h4-6,9-10,15H,7-8,11-14H2,1-3H3,(H,20,22). The summed E-state index contributed by atoms with van der Waals surface area (Å²) in [6, 6.07) is 8.21. The van der Waals surface area contributed by atoms with E-state index in [-0.39, 0.29) is 34.9 Å². The number of carbonyl (C=O) groups is 2. The number of benzene rings is 1. The summed E-state index contributed by atoms with van der Waals surface area (Å²) in [5.41, 5.74) is -0.470. The van der Waals surface area contributed by atoms with Crippen molar-refractivity contribution in [2.75, 3.05) is 25.4 Å². The van der Waals surface area contributed by atoms with Gasteiger partial charge >= 0.3 is 0 Å². The fourth-order valence-electron chi connectivity index (χ4n) is 3.05. The quantitative estimate of drug-likeness (QED) is 0.845. The molecule has 1 aliphatic rings. The molecule has 0 aliphatic carbocycles. The van der Waals surface area contributed by atoms with Crippen LogP contribution in [0.5, 0.6) is 0 Å². The van der Waals surface area contributed by atoms with Crippen LogP contribution in [0, 0.1) is 11.3 Å². The molecule has 7 heteroatoms.